The van der Waals surface area contributed by atoms with E-state index in [-0.39, 0.29) is 5.84 Å². The molecule has 0 aromatic heterocycles. The molecule has 70 valence electrons. The molecule has 0 atom stereocenters. The first-order valence-corrected chi connectivity index (χ1v) is 4.42. The second kappa shape index (κ2) is 4.50. The van der Waals surface area contributed by atoms with Crippen LogP contribution in [0.4, 0.5) is 5.69 Å². The molecule has 1 rings (SSSR count). The van der Waals surface area contributed by atoms with E-state index in [9.17, 15) is 0 Å². The summed E-state index contributed by atoms with van der Waals surface area (Å²) >= 11 is 0. The number of benzene rings is 1. The van der Waals surface area contributed by atoms with Crippen molar-refractivity contribution in [3.05, 3.63) is 29.8 Å². The lowest BCUT2D eigenvalue weighted by atomic mass is 10.2. The Morgan fingerprint density at radius 3 is 2.92 bits per heavy atom. The number of rotatable bonds is 4. The van der Waals surface area contributed by atoms with Gasteiger partial charge >= 0.3 is 0 Å². The van der Waals surface area contributed by atoms with E-state index in [0.717, 1.165) is 24.2 Å². The lowest BCUT2D eigenvalue weighted by molar-refractivity contribution is 0.979. The highest BCUT2D eigenvalue weighted by Gasteiger charge is 1.96. The lowest BCUT2D eigenvalue weighted by Crippen LogP contribution is -2.11. The minimum Gasteiger partial charge on any atom is -0.385 e. The minimum absolute atomic E-state index is 0.111. The van der Waals surface area contributed by atoms with Crippen LogP contribution in [-0.4, -0.2) is 12.4 Å². The van der Waals surface area contributed by atoms with E-state index < -0.39 is 0 Å². The van der Waals surface area contributed by atoms with Crippen LogP contribution in [0.2, 0.25) is 0 Å². The topological polar surface area (TPSA) is 61.9 Å². The normalized spacial score (nSPS) is 9.62. The van der Waals surface area contributed by atoms with Gasteiger partial charge in [0.1, 0.15) is 5.84 Å². The van der Waals surface area contributed by atoms with Crippen LogP contribution in [0.5, 0.6) is 0 Å². The van der Waals surface area contributed by atoms with Crippen molar-refractivity contribution < 1.29 is 0 Å². The molecule has 0 unspecified atom stereocenters. The van der Waals surface area contributed by atoms with Crippen LogP contribution in [0.1, 0.15) is 18.9 Å². The zero-order valence-electron chi connectivity index (χ0n) is 7.80. The summed E-state index contributed by atoms with van der Waals surface area (Å²) in [5, 5.41) is 10.5. The SMILES string of the molecule is CCCNc1cccc(C(=N)N)c1. The molecule has 0 aliphatic heterocycles. The van der Waals surface area contributed by atoms with Crippen molar-refractivity contribution in [2.75, 3.05) is 11.9 Å². The molecule has 0 amide bonds. The van der Waals surface area contributed by atoms with E-state index in [4.69, 9.17) is 11.1 Å². The van der Waals surface area contributed by atoms with Gasteiger partial charge < -0.3 is 11.1 Å². The number of nitrogens with one attached hydrogen (secondary N) is 2. The van der Waals surface area contributed by atoms with Crippen LogP contribution in [0.25, 0.3) is 0 Å². The van der Waals surface area contributed by atoms with Gasteiger partial charge in [0.15, 0.2) is 0 Å². The summed E-state index contributed by atoms with van der Waals surface area (Å²) in [4.78, 5) is 0. The van der Waals surface area contributed by atoms with Crippen LogP contribution in [-0.2, 0) is 0 Å². The number of nitrogen functional groups attached to an aromatic ring is 1. The molecule has 0 saturated carbocycles. The first-order valence-electron chi connectivity index (χ1n) is 4.42. The molecule has 4 N–H and O–H groups in total. The Kier molecular flexibility index (Phi) is 3.31. The molecular formula is C10H15N3. The van der Waals surface area contributed by atoms with Gasteiger partial charge in [-0.05, 0) is 18.6 Å². The molecule has 0 aliphatic carbocycles. The Morgan fingerprint density at radius 2 is 2.31 bits per heavy atom. The summed E-state index contributed by atoms with van der Waals surface area (Å²) in [6, 6.07) is 7.59. The standard InChI is InChI=1S/C10H15N3/c1-2-6-13-9-5-3-4-8(7-9)10(11)12/h3-5,7,13H,2,6H2,1H3,(H3,11,12). The molecule has 1 aromatic carbocycles. The van der Waals surface area contributed by atoms with Gasteiger partial charge in [0.2, 0.25) is 0 Å². The van der Waals surface area contributed by atoms with E-state index in [1.54, 1.807) is 0 Å². The number of amidine groups is 1. The van der Waals surface area contributed by atoms with Gasteiger partial charge in [-0.2, -0.15) is 0 Å². The number of nitrogens with two attached hydrogens (primary N) is 1. The fourth-order valence-corrected chi connectivity index (χ4v) is 1.07. The summed E-state index contributed by atoms with van der Waals surface area (Å²) in [5.74, 6) is 0.111. The Morgan fingerprint density at radius 1 is 1.54 bits per heavy atom. The van der Waals surface area contributed by atoms with Crippen LogP contribution < -0.4 is 11.1 Å². The number of hydrogen-bond donors (Lipinski definition) is 3. The van der Waals surface area contributed by atoms with Gasteiger partial charge in [0, 0.05) is 17.8 Å². The first-order chi connectivity index (χ1) is 6.24. The quantitative estimate of drug-likeness (QED) is 0.485. The van der Waals surface area contributed by atoms with Crippen molar-refractivity contribution in [3.63, 3.8) is 0 Å². The molecule has 0 radical (unpaired) electrons. The smallest absolute Gasteiger partial charge is 0.122 e. The molecule has 0 bridgehead atoms. The Balaban J connectivity index is 2.73. The summed E-state index contributed by atoms with van der Waals surface area (Å²) in [6.07, 6.45) is 1.09. The van der Waals surface area contributed by atoms with Crippen molar-refractivity contribution in [1.82, 2.24) is 0 Å². The summed E-state index contributed by atoms with van der Waals surface area (Å²) in [5.41, 5.74) is 7.15. The highest BCUT2D eigenvalue weighted by Crippen LogP contribution is 2.09. The molecule has 0 heterocycles. The third-order valence-electron chi connectivity index (χ3n) is 1.75. The van der Waals surface area contributed by atoms with Gasteiger partial charge in [0.05, 0.1) is 0 Å². The molecule has 0 aliphatic rings. The molecule has 0 fully saturated rings. The van der Waals surface area contributed by atoms with Crippen molar-refractivity contribution in [3.8, 4) is 0 Å². The Bertz CT molecular complexity index is 294. The van der Waals surface area contributed by atoms with E-state index >= 15 is 0 Å². The zero-order chi connectivity index (χ0) is 9.68. The summed E-state index contributed by atoms with van der Waals surface area (Å²) in [6.45, 7) is 3.06. The molecule has 3 nitrogen and oxygen atoms in total. The largest absolute Gasteiger partial charge is 0.385 e. The summed E-state index contributed by atoms with van der Waals surface area (Å²) < 4.78 is 0. The molecule has 0 spiro atoms. The van der Waals surface area contributed by atoms with Crippen LogP contribution in [0.3, 0.4) is 0 Å². The first kappa shape index (κ1) is 9.58. The van der Waals surface area contributed by atoms with E-state index in [0.29, 0.717) is 0 Å². The number of anilines is 1. The van der Waals surface area contributed by atoms with Crippen molar-refractivity contribution in [2.24, 2.45) is 5.73 Å². The fraction of sp³-hybridized carbons (Fsp3) is 0.300. The molecular weight excluding hydrogens is 162 g/mol. The van der Waals surface area contributed by atoms with Crippen molar-refractivity contribution >= 4 is 11.5 Å². The number of hydrogen-bond acceptors (Lipinski definition) is 2. The third-order valence-corrected chi connectivity index (χ3v) is 1.75. The highest BCUT2D eigenvalue weighted by atomic mass is 14.9. The van der Waals surface area contributed by atoms with E-state index in [2.05, 4.69) is 12.2 Å². The minimum atomic E-state index is 0.111. The van der Waals surface area contributed by atoms with Gasteiger partial charge in [-0.3, -0.25) is 5.41 Å². The zero-order valence-corrected chi connectivity index (χ0v) is 7.80. The van der Waals surface area contributed by atoms with Gasteiger partial charge in [-0.1, -0.05) is 19.1 Å². The average molecular weight is 177 g/mol. The Labute approximate surface area is 78.5 Å². The van der Waals surface area contributed by atoms with Crippen LogP contribution in [0, 0.1) is 5.41 Å². The van der Waals surface area contributed by atoms with E-state index in [1.807, 2.05) is 24.3 Å². The summed E-state index contributed by atoms with van der Waals surface area (Å²) in [7, 11) is 0. The lowest BCUT2D eigenvalue weighted by Gasteiger charge is -2.05. The van der Waals surface area contributed by atoms with Gasteiger partial charge in [-0.25, -0.2) is 0 Å². The van der Waals surface area contributed by atoms with Crippen LogP contribution in [0.15, 0.2) is 24.3 Å². The second-order valence-electron chi connectivity index (χ2n) is 2.92. The van der Waals surface area contributed by atoms with E-state index in [1.165, 1.54) is 0 Å². The predicted molar refractivity (Wildman–Crippen MR) is 56.2 cm³/mol. The van der Waals surface area contributed by atoms with Gasteiger partial charge in [0.25, 0.3) is 0 Å². The predicted octanol–water partition coefficient (Wildman–Crippen LogP) is 1.79. The maximum atomic E-state index is 7.26. The monoisotopic (exact) mass is 177 g/mol. The van der Waals surface area contributed by atoms with Crippen LogP contribution >= 0.6 is 0 Å². The molecule has 0 saturated heterocycles. The van der Waals surface area contributed by atoms with Gasteiger partial charge in [-0.15, -0.1) is 0 Å². The average Bonchev–Trinajstić information content (AvgIpc) is 2.15. The second-order valence-corrected chi connectivity index (χ2v) is 2.92. The highest BCUT2D eigenvalue weighted by molar-refractivity contribution is 5.95. The van der Waals surface area contributed by atoms with Crippen molar-refractivity contribution in [1.29, 1.82) is 5.41 Å². The molecule has 1 aromatic rings. The molecule has 3 heteroatoms. The maximum Gasteiger partial charge on any atom is 0.122 e. The Hall–Kier alpha value is -1.51. The third kappa shape index (κ3) is 2.78. The molecule has 13 heavy (non-hydrogen) atoms. The fourth-order valence-electron chi connectivity index (χ4n) is 1.07. The van der Waals surface area contributed by atoms with Crippen molar-refractivity contribution in [2.45, 2.75) is 13.3 Å². The maximum absolute atomic E-state index is 7.26.